The lowest BCUT2D eigenvalue weighted by Crippen LogP contribution is -2.45. The van der Waals surface area contributed by atoms with Gasteiger partial charge in [-0.1, -0.05) is 6.07 Å². The van der Waals surface area contributed by atoms with Crippen LogP contribution >= 0.6 is 0 Å². The number of benzene rings is 1. The van der Waals surface area contributed by atoms with Crippen molar-refractivity contribution in [3.8, 4) is 11.5 Å². The Morgan fingerprint density at radius 2 is 1.82 bits per heavy atom. The van der Waals surface area contributed by atoms with Gasteiger partial charge in [-0.05, 0) is 31.9 Å². The van der Waals surface area contributed by atoms with E-state index >= 15 is 0 Å². The zero-order valence-corrected chi connectivity index (χ0v) is 13.0. The molecule has 1 atom stereocenters. The van der Waals surface area contributed by atoms with Crippen LogP contribution in [-0.2, 0) is 16.0 Å². The molecule has 0 saturated heterocycles. The highest BCUT2D eigenvalue weighted by molar-refractivity contribution is 5.86. The largest absolute Gasteiger partial charge is 0.496 e. The van der Waals surface area contributed by atoms with Crippen LogP contribution in [0.4, 0.5) is 0 Å². The van der Waals surface area contributed by atoms with Gasteiger partial charge in [0.25, 0.3) is 0 Å². The number of carbonyl (C=O) groups is 2. The highest BCUT2D eigenvalue weighted by atomic mass is 16.5. The molecule has 6 heteroatoms. The van der Waals surface area contributed by atoms with Crippen LogP contribution in [0.5, 0.6) is 11.5 Å². The maximum absolute atomic E-state index is 12.6. The molecule has 22 heavy (non-hydrogen) atoms. The molecule has 1 unspecified atom stereocenters. The van der Waals surface area contributed by atoms with E-state index in [-0.39, 0.29) is 18.4 Å². The lowest BCUT2D eigenvalue weighted by molar-refractivity contribution is -0.149. The third kappa shape index (κ3) is 3.32. The van der Waals surface area contributed by atoms with Crippen LogP contribution in [-0.4, -0.2) is 48.2 Å². The highest BCUT2D eigenvalue weighted by Gasteiger charge is 2.38. The second-order valence-corrected chi connectivity index (χ2v) is 5.36. The van der Waals surface area contributed by atoms with E-state index in [4.69, 9.17) is 9.47 Å². The predicted octanol–water partition coefficient (Wildman–Crippen LogP) is 1.71. The van der Waals surface area contributed by atoms with Gasteiger partial charge in [0, 0.05) is 11.6 Å². The van der Waals surface area contributed by atoms with Gasteiger partial charge in [0.1, 0.15) is 17.5 Å². The molecule has 1 aromatic rings. The fourth-order valence-corrected chi connectivity index (χ4v) is 2.55. The van der Waals surface area contributed by atoms with Gasteiger partial charge < -0.3 is 19.5 Å². The summed E-state index contributed by atoms with van der Waals surface area (Å²) < 4.78 is 10.6. The zero-order valence-electron chi connectivity index (χ0n) is 13.0. The van der Waals surface area contributed by atoms with Crippen LogP contribution in [0, 0.1) is 0 Å². The molecule has 2 rings (SSSR count). The summed E-state index contributed by atoms with van der Waals surface area (Å²) in [5, 5.41) is 9.20. The van der Waals surface area contributed by atoms with Crippen molar-refractivity contribution in [2.24, 2.45) is 0 Å². The van der Waals surface area contributed by atoms with E-state index in [1.54, 1.807) is 18.2 Å². The lowest BCUT2D eigenvalue weighted by atomic mass is 10.1. The van der Waals surface area contributed by atoms with E-state index in [1.165, 1.54) is 26.0 Å². The third-order valence-corrected chi connectivity index (χ3v) is 3.86. The fourth-order valence-electron chi connectivity index (χ4n) is 2.55. The molecule has 1 saturated carbocycles. The smallest absolute Gasteiger partial charge is 0.326 e. The standard InChI is InChI=1S/C16H21NO5/c1-10(16(19)20)17(11-7-8-11)15(18)9-12-13(21-2)5-4-6-14(12)22-3/h4-6,10-11H,7-9H2,1-3H3,(H,19,20). The number of carbonyl (C=O) groups excluding carboxylic acids is 1. The van der Waals surface area contributed by atoms with E-state index in [0.717, 1.165) is 12.8 Å². The van der Waals surface area contributed by atoms with Gasteiger partial charge in [-0.15, -0.1) is 0 Å². The van der Waals surface area contributed by atoms with Crippen LogP contribution in [0.2, 0.25) is 0 Å². The Morgan fingerprint density at radius 1 is 1.27 bits per heavy atom. The Kier molecular flexibility index (Phi) is 4.90. The molecule has 0 aliphatic heterocycles. The molecule has 1 aliphatic rings. The maximum atomic E-state index is 12.6. The van der Waals surface area contributed by atoms with Crippen LogP contribution in [0.25, 0.3) is 0 Å². The molecule has 6 nitrogen and oxygen atoms in total. The summed E-state index contributed by atoms with van der Waals surface area (Å²) in [7, 11) is 3.06. The minimum Gasteiger partial charge on any atom is -0.496 e. The topological polar surface area (TPSA) is 76.1 Å². The van der Waals surface area contributed by atoms with Crippen molar-refractivity contribution in [3.63, 3.8) is 0 Å². The number of aliphatic carboxylic acids is 1. The Balaban J connectivity index is 2.25. The summed E-state index contributed by atoms with van der Waals surface area (Å²) in [4.78, 5) is 25.3. The van der Waals surface area contributed by atoms with Gasteiger partial charge in [0.2, 0.25) is 5.91 Å². The van der Waals surface area contributed by atoms with Crippen LogP contribution in [0.1, 0.15) is 25.3 Å². The molecule has 1 amide bonds. The number of carboxylic acids is 1. The second-order valence-electron chi connectivity index (χ2n) is 5.36. The predicted molar refractivity (Wildman–Crippen MR) is 80.2 cm³/mol. The summed E-state index contributed by atoms with van der Waals surface area (Å²) >= 11 is 0. The summed E-state index contributed by atoms with van der Waals surface area (Å²) in [6.45, 7) is 1.54. The first-order valence-electron chi connectivity index (χ1n) is 7.23. The average Bonchev–Trinajstić information content (AvgIpc) is 3.32. The molecule has 0 heterocycles. The number of methoxy groups -OCH3 is 2. The number of hydrogen-bond donors (Lipinski definition) is 1. The van der Waals surface area contributed by atoms with Crippen molar-refractivity contribution >= 4 is 11.9 Å². The van der Waals surface area contributed by atoms with Gasteiger partial charge in [0.15, 0.2) is 0 Å². The van der Waals surface area contributed by atoms with Gasteiger partial charge in [-0.3, -0.25) is 4.79 Å². The van der Waals surface area contributed by atoms with Crippen molar-refractivity contribution in [2.75, 3.05) is 14.2 Å². The first-order chi connectivity index (χ1) is 10.5. The van der Waals surface area contributed by atoms with E-state index in [9.17, 15) is 14.7 Å². The van der Waals surface area contributed by atoms with Crippen LogP contribution in [0.3, 0.4) is 0 Å². The number of nitrogens with zero attached hydrogens (tertiary/aromatic N) is 1. The normalized spacial score (nSPS) is 15.0. The number of rotatable bonds is 7. The van der Waals surface area contributed by atoms with E-state index in [1.807, 2.05) is 0 Å². The molecule has 1 aromatic carbocycles. The Hall–Kier alpha value is -2.24. The first-order valence-corrected chi connectivity index (χ1v) is 7.23. The van der Waals surface area contributed by atoms with Gasteiger partial charge in [-0.2, -0.15) is 0 Å². The molecule has 1 N–H and O–H groups in total. The average molecular weight is 307 g/mol. The Bertz CT molecular complexity index is 545. The van der Waals surface area contributed by atoms with Gasteiger partial charge in [0.05, 0.1) is 20.6 Å². The molecule has 1 aliphatic carbocycles. The van der Waals surface area contributed by atoms with Crippen LogP contribution in [0.15, 0.2) is 18.2 Å². The molecule has 0 radical (unpaired) electrons. The minimum atomic E-state index is -0.993. The summed E-state index contributed by atoms with van der Waals surface area (Å²) in [5.41, 5.74) is 0.640. The second kappa shape index (κ2) is 6.68. The fraction of sp³-hybridized carbons (Fsp3) is 0.500. The van der Waals surface area contributed by atoms with Crippen molar-refractivity contribution < 1.29 is 24.2 Å². The van der Waals surface area contributed by atoms with E-state index < -0.39 is 12.0 Å². The molecular weight excluding hydrogens is 286 g/mol. The highest BCUT2D eigenvalue weighted by Crippen LogP contribution is 2.33. The molecular formula is C16H21NO5. The molecule has 0 bridgehead atoms. The minimum absolute atomic E-state index is 0.0271. The van der Waals surface area contributed by atoms with E-state index in [2.05, 4.69) is 0 Å². The maximum Gasteiger partial charge on any atom is 0.326 e. The monoisotopic (exact) mass is 307 g/mol. The molecule has 1 fully saturated rings. The van der Waals surface area contributed by atoms with Gasteiger partial charge in [-0.25, -0.2) is 4.79 Å². The molecule has 0 spiro atoms. The first kappa shape index (κ1) is 16.1. The van der Waals surface area contributed by atoms with Crippen molar-refractivity contribution in [1.29, 1.82) is 0 Å². The summed E-state index contributed by atoms with van der Waals surface area (Å²) in [5.74, 6) is -0.0923. The number of hydrogen-bond acceptors (Lipinski definition) is 4. The quantitative estimate of drug-likeness (QED) is 0.830. The SMILES string of the molecule is COc1cccc(OC)c1CC(=O)N(C1CC1)C(C)C(=O)O. The molecule has 120 valence electrons. The van der Waals surface area contributed by atoms with Crippen molar-refractivity contribution in [1.82, 2.24) is 4.90 Å². The number of amides is 1. The number of carboxylic acid groups (broad SMARTS) is 1. The van der Waals surface area contributed by atoms with E-state index in [0.29, 0.717) is 17.1 Å². The number of ether oxygens (including phenoxy) is 2. The lowest BCUT2D eigenvalue weighted by Gasteiger charge is -2.27. The summed E-state index contributed by atoms with van der Waals surface area (Å²) in [6, 6.07) is 4.49. The Labute approximate surface area is 129 Å². The van der Waals surface area contributed by atoms with Crippen molar-refractivity contribution in [2.45, 2.75) is 38.3 Å². The summed E-state index contributed by atoms with van der Waals surface area (Å²) in [6.07, 6.45) is 1.76. The van der Waals surface area contributed by atoms with Gasteiger partial charge >= 0.3 is 5.97 Å². The zero-order chi connectivity index (χ0) is 16.3. The molecule has 0 aromatic heterocycles. The Morgan fingerprint density at radius 3 is 2.23 bits per heavy atom. The van der Waals surface area contributed by atoms with Crippen LogP contribution < -0.4 is 9.47 Å². The third-order valence-electron chi connectivity index (χ3n) is 3.86. The van der Waals surface area contributed by atoms with Crippen molar-refractivity contribution in [3.05, 3.63) is 23.8 Å².